The van der Waals surface area contributed by atoms with Gasteiger partial charge in [0.25, 0.3) is 17.7 Å². The number of rotatable bonds is 11. The SMILES string of the molecule is Cc1ccc(NC(=O)c2ccc(CN3CCC(CN4CCN(c5cc6c(cc5F)C(=O)N(C5CCC(=O)NC5=O)C6=O)CC4)CC3)cc2)cc1Nc1nccc(-c2cccnc2)n1. The van der Waals surface area contributed by atoms with Crippen molar-refractivity contribution >= 4 is 52.5 Å². The molecule has 1 atom stereocenters. The highest BCUT2D eigenvalue weighted by molar-refractivity contribution is 6.23. The van der Waals surface area contributed by atoms with Gasteiger partial charge in [0, 0.05) is 86.8 Å². The predicted molar refractivity (Wildman–Crippen MR) is 234 cm³/mol. The second-order valence-corrected chi connectivity index (χ2v) is 16.6. The van der Waals surface area contributed by atoms with Gasteiger partial charge < -0.3 is 15.5 Å². The molecular formula is C47H47FN10O5. The minimum Gasteiger partial charge on any atom is -0.367 e. The zero-order chi connectivity index (χ0) is 43.6. The van der Waals surface area contributed by atoms with E-state index in [9.17, 15) is 24.0 Å². The molecule has 15 nitrogen and oxygen atoms in total. The van der Waals surface area contributed by atoms with Crippen LogP contribution in [0, 0.1) is 18.7 Å². The molecule has 1 unspecified atom stereocenters. The van der Waals surface area contributed by atoms with Gasteiger partial charge in [0.1, 0.15) is 11.9 Å². The number of aromatic nitrogens is 3. The molecule has 5 aromatic rings. The van der Waals surface area contributed by atoms with E-state index in [-0.39, 0.29) is 35.6 Å². The number of fused-ring (bicyclic) bond motifs is 1. The molecule has 3 fully saturated rings. The number of carbonyl (C=O) groups is 5. The first-order valence-electron chi connectivity index (χ1n) is 21.3. The van der Waals surface area contributed by atoms with Crippen LogP contribution in [0.25, 0.3) is 11.3 Å². The van der Waals surface area contributed by atoms with E-state index in [0.29, 0.717) is 36.2 Å². The van der Waals surface area contributed by atoms with Gasteiger partial charge in [0.2, 0.25) is 17.8 Å². The number of amides is 5. The zero-order valence-corrected chi connectivity index (χ0v) is 34.8. The number of hydrogen-bond donors (Lipinski definition) is 3. The van der Waals surface area contributed by atoms with Crippen molar-refractivity contribution in [2.75, 3.05) is 61.3 Å². The fourth-order valence-corrected chi connectivity index (χ4v) is 8.86. The quantitative estimate of drug-likeness (QED) is 0.145. The summed E-state index contributed by atoms with van der Waals surface area (Å²) in [6.45, 7) is 8.30. The summed E-state index contributed by atoms with van der Waals surface area (Å²) in [5.74, 6) is -2.31. The maximum absolute atomic E-state index is 15.5. The van der Waals surface area contributed by atoms with Crippen molar-refractivity contribution in [3.63, 3.8) is 0 Å². The number of nitrogens with one attached hydrogen (secondary N) is 3. The number of carbonyl (C=O) groups excluding carboxylic acids is 5. The first-order chi connectivity index (χ1) is 30.6. The Labute approximate surface area is 363 Å². The van der Waals surface area contributed by atoms with Crippen LogP contribution < -0.4 is 20.9 Å². The molecule has 16 heteroatoms. The standard InChI is InChI=1S/C47H47FN10O5/c1-29-4-9-34(23-39(29)53-47-50-16-12-38(52-47)33-3-2-15-49-26-33)51-43(60)32-7-5-30(6-8-32)27-55-17-13-31(14-18-55)28-56-19-21-57(22-20-56)41-25-36-35(24-37(41)48)45(62)58(46(36)63)40-10-11-42(59)54-44(40)61/h2-9,12,15-16,23-26,31,40H,10-11,13-14,17-22,27-28H2,1H3,(H,51,60)(H,50,52,53)(H,54,59,61). The molecule has 0 spiro atoms. The van der Waals surface area contributed by atoms with Gasteiger partial charge in [-0.1, -0.05) is 18.2 Å². The highest BCUT2D eigenvalue weighted by Gasteiger charge is 2.45. The lowest BCUT2D eigenvalue weighted by molar-refractivity contribution is -0.136. The van der Waals surface area contributed by atoms with Crippen LogP contribution >= 0.6 is 0 Å². The molecule has 4 aliphatic rings. The summed E-state index contributed by atoms with van der Waals surface area (Å²) in [4.78, 5) is 84.6. The maximum Gasteiger partial charge on any atom is 0.262 e. The lowest BCUT2D eigenvalue weighted by atomic mass is 9.95. The second-order valence-electron chi connectivity index (χ2n) is 16.6. The summed E-state index contributed by atoms with van der Waals surface area (Å²) in [7, 11) is 0. The number of anilines is 4. The van der Waals surface area contributed by atoms with Gasteiger partial charge in [-0.2, -0.15) is 0 Å². The van der Waals surface area contributed by atoms with Crippen molar-refractivity contribution < 1.29 is 28.4 Å². The van der Waals surface area contributed by atoms with Crippen LogP contribution in [0.4, 0.5) is 27.4 Å². The number of piperazine rings is 1. The molecule has 6 heterocycles. The van der Waals surface area contributed by atoms with Crippen molar-refractivity contribution in [1.82, 2.24) is 35.0 Å². The Balaban J connectivity index is 0.724. The van der Waals surface area contributed by atoms with Gasteiger partial charge >= 0.3 is 0 Å². The average molecular weight is 851 g/mol. The van der Waals surface area contributed by atoms with Gasteiger partial charge in [0.05, 0.1) is 22.5 Å². The van der Waals surface area contributed by atoms with Crippen molar-refractivity contribution in [3.05, 3.63) is 125 Å². The largest absolute Gasteiger partial charge is 0.367 e. The summed E-state index contributed by atoms with van der Waals surface area (Å²) >= 11 is 0. The summed E-state index contributed by atoms with van der Waals surface area (Å²) in [5.41, 5.74) is 6.05. The van der Waals surface area contributed by atoms with Gasteiger partial charge in [-0.25, -0.2) is 14.4 Å². The lowest BCUT2D eigenvalue weighted by Gasteiger charge is -2.39. The summed E-state index contributed by atoms with van der Waals surface area (Å²) in [6, 6.07) is 20.5. The van der Waals surface area contributed by atoms with E-state index in [1.54, 1.807) is 18.6 Å². The number of aryl methyl sites for hydroxylation is 1. The molecule has 0 aliphatic carbocycles. The summed E-state index contributed by atoms with van der Waals surface area (Å²) in [6.07, 6.45) is 7.36. The number of piperidine rings is 2. The molecule has 0 bridgehead atoms. The molecule has 0 radical (unpaired) electrons. The Bertz CT molecular complexity index is 2580. The minimum absolute atomic E-state index is 0.0186. The molecule has 3 N–H and O–H groups in total. The second kappa shape index (κ2) is 17.8. The van der Waals surface area contributed by atoms with Gasteiger partial charge in [-0.05, 0) is 111 Å². The summed E-state index contributed by atoms with van der Waals surface area (Å²) < 4.78 is 15.5. The minimum atomic E-state index is -1.10. The Morgan fingerprint density at radius 1 is 0.841 bits per heavy atom. The first kappa shape index (κ1) is 41.4. The fraction of sp³-hybridized carbons (Fsp3) is 0.319. The van der Waals surface area contributed by atoms with E-state index in [4.69, 9.17) is 0 Å². The van der Waals surface area contributed by atoms with E-state index < -0.39 is 35.5 Å². The normalized spacial score (nSPS) is 18.7. The van der Waals surface area contributed by atoms with Gasteiger partial charge in [-0.15, -0.1) is 0 Å². The molecule has 3 saturated heterocycles. The van der Waals surface area contributed by atoms with Crippen molar-refractivity contribution in [3.8, 4) is 11.3 Å². The number of nitrogens with zero attached hydrogens (tertiary/aromatic N) is 7. The van der Waals surface area contributed by atoms with E-state index in [1.807, 2.05) is 72.5 Å². The Hall–Kier alpha value is -6.91. The summed E-state index contributed by atoms with van der Waals surface area (Å²) in [5, 5.41) is 8.49. The maximum atomic E-state index is 15.5. The van der Waals surface area contributed by atoms with E-state index in [1.165, 1.54) is 6.07 Å². The number of halogens is 1. The number of hydrogen-bond acceptors (Lipinski definition) is 12. The first-order valence-corrected chi connectivity index (χ1v) is 21.3. The van der Waals surface area contributed by atoms with Crippen LogP contribution in [0.5, 0.6) is 0 Å². The van der Waals surface area contributed by atoms with E-state index in [2.05, 4.69) is 40.7 Å². The van der Waals surface area contributed by atoms with Crippen LogP contribution in [-0.4, -0.2) is 111 Å². The lowest BCUT2D eigenvalue weighted by Crippen LogP contribution is -2.54. The van der Waals surface area contributed by atoms with Crippen molar-refractivity contribution in [2.45, 2.75) is 45.2 Å². The molecule has 9 rings (SSSR count). The molecule has 63 heavy (non-hydrogen) atoms. The zero-order valence-electron chi connectivity index (χ0n) is 34.8. The van der Waals surface area contributed by atoms with Crippen LogP contribution in [0.1, 0.15) is 67.9 Å². The third kappa shape index (κ3) is 9.04. The molecule has 3 aromatic carbocycles. The number of likely N-dealkylation sites (tertiary alicyclic amines) is 1. The van der Waals surface area contributed by atoms with Crippen LogP contribution in [0.2, 0.25) is 0 Å². The van der Waals surface area contributed by atoms with Gasteiger partial charge in [0.15, 0.2) is 0 Å². The van der Waals surface area contributed by atoms with Crippen LogP contribution in [-0.2, 0) is 16.1 Å². The van der Waals surface area contributed by atoms with Crippen molar-refractivity contribution in [2.24, 2.45) is 5.92 Å². The third-order valence-electron chi connectivity index (χ3n) is 12.4. The number of pyridine rings is 1. The number of benzene rings is 3. The van der Waals surface area contributed by atoms with E-state index in [0.717, 1.165) is 91.1 Å². The topological polar surface area (TPSA) is 173 Å². The smallest absolute Gasteiger partial charge is 0.262 e. The Morgan fingerprint density at radius 2 is 1.60 bits per heavy atom. The Morgan fingerprint density at radius 3 is 2.33 bits per heavy atom. The van der Waals surface area contributed by atoms with Crippen LogP contribution in [0.3, 0.4) is 0 Å². The van der Waals surface area contributed by atoms with Gasteiger partial charge in [-0.3, -0.25) is 49.0 Å². The average Bonchev–Trinajstić information content (AvgIpc) is 3.53. The highest BCUT2D eigenvalue weighted by atomic mass is 19.1. The highest BCUT2D eigenvalue weighted by Crippen LogP contribution is 2.34. The molecule has 0 saturated carbocycles. The molecule has 322 valence electrons. The Kier molecular flexibility index (Phi) is 11.7. The monoisotopic (exact) mass is 850 g/mol. The number of imide groups is 2. The van der Waals surface area contributed by atoms with Crippen LogP contribution in [0.15, 0.2) is 91.4 Å². The predicted octanol–water partition coefficient (Wildman–Crippen LogP) is 5.42. The fourth-order valence-electron chi connectivity index (χ4n) is 8.86. The van der Waals surface area contributed by atoms with Crippen molar-refractivity contribution in [1.29, 1.82) is 0 Å². The van der Waals surface area contributed by atoms with E-state index >= 15 is 4.39 Å². The molecule has 5 amide bonds. The molecule has 2 aromatic heterocycles. The molecular weight excluding hydrogens is 804 g/mol. The molecule has 4 aliphatic heterocycles. The third-order valence-corrected chi connectivity index (χ3v) is 12.4.